The molecule has 0 saturated carbocycles. The van der Waals surface area contributed by atoms with Gasteiger partial charge in [-0.15, -0.1) is 0 Å². The van der Waals surface area contributed by atoms with Crippen molar-refractivity contribution in [3.8, 4) is 17.1 Å². The highest BCUT2D eigenvalue weighted by atomic mass is 16.3. The van der Waals surface area contributed by atoms with Gasteiger partial charge in [0, 0.05) is 60.2 Å². The molecule has 0 amide bonds. The van der Waals surface area contributed by atoms with Gasteiger partial charge in [-0.1, -0.05) is 91.0 Å². The summed E-state index contributed by atoms with van der Waals surface area (Å²) in [6.07, 6.45) is 0. The molecule has 0 aliphatic carbocycles. The normalized spacial score (nSPS) is 12.2. The maximum Gasteiger partial charge on any atom is 0.135 e. The predicted octanol–water partition coefficient (Wildman–Crippen LogP) is 12.9. The number of hydrogen-bond donors (Lipinski definition) is 0. The third kappa shape index (κ3) is 3.70. The Morgan fingerprint density at radius 2 is 0.577 bits per heavy atom. The van der Waals surface area contributed by atoms with E-state index in [4.69, 9.17) is 4.42 Å². The molecule has 0 aliphatic rings. The van der Waals surface area contributed by atoms with E-state index in [0.29, 0.717) is 0 Å². The van der Waals surface area contributed by atoms with Crippen molar-refractivity contribution in [3.63, 3.8) is 0 Å². The van der Waals surface area contributed by atoms with Crippen LogP contribution in [-0.2, 0) is 0 Å². The van der Waals surface area contributed by atoms with Crippen LogP contribution >= 0.6 is 0 Å². The van der Waals surface area contributed by atoms with Crippen LogP contribution in [0.1, 0.15) is 0 Å². The molecule has 52 heavy (non-hydrogen) atoms. The number of aromatic nitrogens is 3. The van der Waals surface area contributed by atoms with E-state index in [2.05, 4.69) is 177 Å². The average molecular weight is 664 g/mol. The first-order chi connectivity index (χ1) is 25.8. The Morgan fingerprint density at radius 3 is 1.04 bits per heavy atom. The van der Waals surface area contributed by atoms with Crippen molar-refractivity contribution in [2.75, 3.05) is 0 Å². The molecule has 0 bridgehead atoms. The van der Waals surface area contributed by atoms with Crippen LogP contribution in [0.25, 0.3) is 104 Å². The van der Waals surface area contributed by atoms with Gasteiger partial charge < -0.3 is 18.1 Å². The summed E-state index contributed by atoms with van der Waals surface area (Å²) in [5.74, 6) is 0. The maximum atomic E-state index is 6.24. The summed E-state index contributed by atoms with van der Waals surface area (Å²) in [5, 5.41) is 9.69. The molecular formula is C48H29N3O. The number of fused-ring (bicyclic) bond motifs is 12. The van der Waals surface area contributed by atoms with Crippen molar-refractivity contribution in [2.24, 2.45) is 0 Å². The van der Waals surface area contributed by atoms with Crippen molar-refractivity contribution in [3.05, 3.63) is 176 Å². The van der Waals surface area contributed by atoms with Crippen LogP contribution in [0, 0.1) is 0 Å². The van der Waals surface area contributed by atoms with Gasteiger partial charge >= 0.3 is 0 Å². The smallest absolute Gasteiger partial charge is 0.135 e. The fraction of sp³-hybridized carbons (Fsp3) is 0. The van der Waals surface area contributed by atoms with Crippen molar-refractivity contribution in [1.82, 2.24) is 13.7 Å². The number of rotatable bonds is 3. The van der Waals surface area contributed by atoms with Gasteiger partial charge in [0.2, 0.25) is 0 Å². The minimum absolute atomic E-state index is 0.896. The zero-order valence-corrected chi connectivity index (χ0v) is 28.0. The van der Waals surface area contributed by atoms with Crippen molar-refractivity contribution in [1.29, 1.82) is 0 Å². The average Bonchev–Trinajstić information content (AvgIpc) is 3.93. The van der Waals surface area contributed by atoms with E-state index in [1.165, 1.54) is 54.4 Å². The van der Waals surface area contributed by atoms with Gasteiger partial charge in [0.1, 0.15) is 11.2 Å². The molecular weight excluding hydrogens is 635 g/mol. The van der Waals surface area contributed by atoms with Gasteiger partial charge in [-0.05, 0) is 84.9 Å². The zero-order valence-electron chi connectivity index (χ0n) is 28.0. The summed E-state index contributed by atoms with van der Waals surface area (Å²) in [4.78, 5) is 0. The van der Waals surface area contributed by atoms with Gasteiger partial charge in [0.25, 0.3) is 0 Å². The van der Waals surface area contributed by atoms with Gasteiger partial charge in [-0.3, -0.25) is 0 Å². The SMILES string of the molecule is c1ccc2c(c1)oc1ccc(-n3c4ccc(-n5c6ccccc6c6ccccc65)cc4c4cc(-n5c6ccccc6c6ccccc65)ccc43)cc12. The molecule has 4 heterocycles. The molecule has 0 unspecified atom stereocenters. The van der Waals surface area contributed by atoms with Crippen LogP contribution in [0.4, 0.5) is 0 Å². The summed E-state index contributed by atoms with van der Waals surface area (Å²) >= 11 is 0. The maximum absolute atomic E-state index is 6.24. The Kier molecular flexibility index (Phi) is 5.47. The molecule has 0 saturated heterocycles. The van der Waals surface area contributed by atoms with Crippen molar-refractivity contribution in [2.45, 2.75) is 0 Å². The Labute approximate surface area is 297 Å². The van der Waals surface area contributed by atoms with E-state index in [0.717, 1.165) is 50.0 Å². The third-order valence-corrected chi connectivity index (χ3v) is 11.0. The molecule has 4 aromatic heterocycles. The summed E-state index contributed by atoms with van der Waals surface area (Å²) in [6, 6.07) is 63.7. The minimum atomic E-state index is 0.896. The number of nitrogens with zero attached hydrogens (tertiary/aromatic N) is 3. The van der Waals surface area contributed by atoms with E-state index in [9.17, 15) is 0 Å². The lowest BCUT2D eigenvalue weighted by Gasteiger charge is -2.11. The highest BCUT2D eigenvalue weighted by Gasteiger charge is 2.19. The summed E-state index contributed by atoms with van der Waals surface area (Å²) in [6.45, 7) is 0. The van der Waals surface area contributed by atoms with Crippen molar-refractivity contribution >= 4 is 87.4 Å². The second-order valence-corrected chi connectivity index (χ2v) is 13.8. The molecule has 242 valence electrons. The third-order valence-electron chi connectivity index (χ3n) is 11.0. The first kappa shape index (κ1) is 27.7. The van der Waals surface area contributed by atoms with Gasteiger partial charge in [-0.2, -0.15) is 0 Å². The van der Waals surface area contributed by atoms with Crippen LogP contribution in [0.3, 0.4) is 0 Å². The van der Waals surface area contributed by atoms with Gasteiger partial charge in [0.05, 0.1) is 33.1 Å². The Bertz CT molecular complexity index is 3150. The molecule has 12 aromatic rings. The van der Waals surface area contributed by atoms with Crippen molar-refractivity contribution < 1.29 is 4.42 Å². The van der Waals surface area contributed by atoms with Crippen LogP contribution in [-0.4, -0.2) is 13.7 Å². The van der Waals surface area contributed by atoms with Crippen LogP contribution in [0.5, 0.6) is 0 Å². The Hall–Kier alpha value is -7.04. The van der Waals surface area contributed by atoms with Crippen LogP contribution in [0.15, 0.2) is 180 Å². The van der Waals surface area contributed by atoms with Gasteiger partial charge in [-0.25, -0.2) is 0 Å². The van der Waals surface area contributed by atoms with Gasteiger partial charge in [0.15, 0.2) is 0 Å². The van der Waals surface area contributed by atoms with E-state index < -0.39 is 0 Å². The minimum Gasteiger partial charge on any atom is -0.456 e. The molecule has 12 rings (SSSR count). The molecule has 8 aromatic carbocycles. The zero-order chi connectivity index (χ0) is 33.9. The number of para-hydroxylation sites is 5. The first-order valence-electron chi connectivity index (χ1n) is 17.8. The summed E-state index contributed by atoms with van der Waals surface area (Å²) in [5.41, 5.74) is 12.3. The Morgan fingerprint density at radius 1 is 0.250 bits per heavy atom. The molecule has 0 atom stereocenters. The molecule has 0 fully saturated rings. The molecule has 4 nitrogen and oxygen atoms in total. The lowest BCUT2D eigenvalue weighted by molar-refractivity contribution is 0.669. The molecule has 4 heteroatoms. The lowest BCUT2D eigenvalue weighted by Crippen LogP contribution is -1.96. The standard InChI is InChI=1S/C48H29N3O/c1-6-16-41-33(11-1)34-12-2-7-17-42(34)49(41)30-21-24-45-38(27-30)39-28-31(50-43-18-8-3-13-35(43)36-14-4-9-19-44(36)50)22-25-46(39)51(45)32-23-26-48-40(29-32)37-15-5-10-20-47(37)52-48/h1-29H. The lowest BCUT2D eigenvalue weighted by atomic mass is 10.1. The predicted molar refractivity (Wildman–Crippen MR) is 217 cm³/mol. The molecule has 0 radical (unpaired) electrons. The fourth-order valence-electron chi connectivity index (χ4n) is 8.81. The van der Waals surface area contributed by atoms with E-state index >= 15 is 0 Å². The molecule has 0 aliphatic heterocycles. The quantitative estimate of drug-likeness (QED) is 0.185. The van der Waals surface area contributed by atoms with E-state index in [1.807, 2.05) is 12.1 Å². The largest absolute Gasteiger partial charge is 0.456 e. The second kappa shape index (κ2) is 10.3. The van der Waals surface area contributed by atoms with Crippen LogP contribution < -0.4 is 0 Å². The first-order valence-corrected chi connectivity index (χ1v) is 17.8. The fourth-order valence-corrected chi connectivity index (χ4v) is 8.81. The molecule has 0 N–H and O–H groups in total. The monoisotopic (exact) mass is 663 g/mol. The number of furan rings is 1. The summed E-state index contributed by atoms with van der Waals surface area (Å²) < 4.78 is 13.5. The highest BCUT2D eigenvalue weighted by Crippen LogP contribution is 2.40. The topological polar surface area (TPSA) is 27.9 Å². The summed E-state index contributed by atoms with van der Waals surface area (Å²) in [7, 11) is 0. The molecule has 0 spiro atoms. The second-order valence-electron chi connectivity index (χ2n) is 13.8. The van der Waals surface area contributed by atoms with Crippen LogP contribution in [0.2, 0.25) is 0 Å². The van der Waals surface area contributed by atoms with E-state index in [1.54, 1.807) is 0 Å². The number of benzene rings is 8. The van der Waals surface area contributed by atoms with E-state index in [-0.39, 0.29) is 0 Å². The highest BCUT2D eigenvalue weighted by molar-refractivity contribution is 6.14. The number of hydrogen-bond acceptors (Lipinski definition) is 1. The Balaban J connectivity index is 1.18.